The van der Waals surface area contributed by atoms with Gasteiger partial charge in [-0.25, -0.2) is 0 Å². The molecule has 1 heterocycles. The van der Waals surface area contributed by atoms with Crippen LogP contribution in [0.15, 0.2) is 18.2 Å². The fourth-order valence-corrected chi connectivity index (χ4v) is 3.16. The fraction of sp³-hybridized carbons (Fsp3) is 0.529. The fourth-order valence-electron chi connectivity index (χ4n) is 2.81. The van der Waals surface area contributed by atoms with E-state index in [1.54, 1.807) is 30.1 Å². The van der Waals surface area contributed by atoms with Gasteiger partial charge in [-0.15, -0.1) is 0 Å². The standard InChI is InChI=1S/C17H22Cl2N2O3/c1-20-17(23)13-7-2-3-10-21(13)15(22)9-5-11-24-14-8-4-6-12(18)16(14)19/h4,6,8,13H,2-3,5,7,9-11H2,1H3,(H,20,23). The zero-order valence-corrected chi connectivity index (χ0v) is 15.2. The molecule has 2 amide bonds. The van der Waals surface area contributed by atoms with Crippen LogP contribution < -0.4 is 10.1 Å². The minimum absolute atomic E-state index is 0.0101. The van der Waals surface area contributed by atoms with Crippen LogP contribution >= 0.6 is 23.2 Å². The van der Waals surface area contributed by atoms with Crippen molar-refractivity contribution >= 4 is 35.0 Å². The molecule has 0 spiro atoms. The molecule has 1 saturated heterocycles. The van der Waals surface area contributed by atoms with Crippen LogP contribution in [0.4, 0.5) is 0 Å². The number of ether oxygens (including phenoxy) is 1. The Bertz CT molecular complexity index is 595. The lowest BCUT2D eigenvalue weighted by molar-refractivity contribution is -0.142. The molecule has 0 radical (unpaired) electrons. The first kappa shape index (κ1) is 18.9. The van der Waals surface area contributed by atoms with E-state index in [2.05, 4.69) is 5.32 Å². The SMILES string of the molecule is CNC(=O)C1CCCCN1C(=O)CCCOc1cccc(Cl)c1Cl. The first-order chi connectivity index (χ1) is 11.5. The molecule has 2 rings (SSSR count). The van der Waals surface area contributed by atoms with Crippen LogP contribution in [-0.2, 0) is 9.59 Å². The summed E-state index contributed by atoms with van der Waals surface area (Å²) in [5, 5.41) is 3.45. The molecule has 1 atom stereocenters. The Morgan fingerprint density at radius 1 is 1.33 bits per heavy atom. The van der Waals surface area contributed by atoms with Crippen LogP contribution in [0.5, 0.6) is 5.75 Å². The average Bonchev–Trinajstić information content (AvgIpc) is 2.61. The summed E-state index contributed by atoms with van der Waals surface area (Å²) in [5.41, 5.74) is 0. The van der Waals surface area contributed by atoms with Crippen molar-refractivity contribution in [1.29, 1.82) is 0 Å². The molecule has 1 aromatic rings. The molecule has 0 saturated carbocycles. The van der Waals surface area contributed by atoms with Crippen molar-refractivity contribution in [2.45, 2.75) is 38.1 Å². The van der Waals surface area contributed by atoms with E-state index in [0.29, 0.717) is 41.8 Å². The molecule has 7 heteroatoms. The summed E-state index contributed by atoms with van der Waals surface area (Å²) in [4.78, 5) is 26.0. The molecular weight excluding hydrogens is 351 g/mol. The van der Waals surface area contributed by atoms with Crippen molar-refractivity contribution < 1.29 is 14.3 Å². The lowest BCUT2D eigenvalue weighted by Gasteiger charge is -2.34. The van der Waals surface area contributed by atoms with Gasteiger partial charge in [0.05, 0.1) is 11.6 Å². The zero-order chi connectivity index (χ0) is 17.5. The van der Waals surface area contributed by atoms with Gasteiger partial charge in [-0.2, -0.15) is 0 Å². The van der Waals surface area contributed by atoms with Crippen LogP contribution in [-0.4, -0.2) is 43.0 Å². The van der Waals surface area contributed by atoms with Crippen molar-refractivity contribution in [2.75, 3.05) is 20.2 Å². The number of rotatable bonds is 6. The molecule has 1 aliphatic heterocycles. The van der Waals surface area contributed by atoms with Gasteiger partial charge in [0.15, 0.2) is 0 Å². The van der Waals surface area contributed by atoms with Crippen LogP contribution in [0, 0.1) is 0 Å². The number of nitrogens with one attached hydrogen (secondary N) is 1. The van der Waals surface area contributed by atoms with Crippen molar-refractivity contribution in [3.8, 4) is 5.75 Å². The van der Waals surface area contributed by atoms with Crippen LogP contribution in [0.2, 0.25) is 10.0 Å². The predicted octanol–water partition coefficient (Wildman–Crippen LogP) is 3.28. The lowest BCUT2D eigenvalue weighted by Crippen LogP contribution is -2.51. The van der Waals surface area contributed by atoms with Crippen molar-refractivity contribution in [1.82, 2.24) is 10.2 Å². The second-order valence-corrected chi connectivity index (χ2v) is 6.50. The molecule has 1 fully saturated rings. The normalized spacial score (nSPS) is 17.5. The average molecular weight is 373 g/mol. The second-order valence-electron chi connectivity index (χ2n) is 5.72. The van der Waals surface area contributed by atoms with Crippen molar-refractivity contribution in [3.05, 3.63) is 28.2 Å². The van der Waals surface area contributed by atoms with E-state index in [9.17, 15) is 9.59 Å². The van der Waals surface area contributed by atoms with E-state index in [0.717, 1.165) is 19.3 Å². The van der Waals surface area contributed by atoms with Gasteiger partial charge in [-0.05, 0) is 37.8 Å². The first-order valence-electron chi connectivity index (χ1n) is 8.12. The topological polar surface area (TPSA) is 58.6 Å². The van der Waals surface area contributed by atoms with Gasteiger partial charge in [0.25, 0.3) is 0 Å². The molecule has 1 aromatic carbocycles. The second kappa shape index (κ2) is 9.14. The molecule has 1 N–H and O–H groups in total. The molecule has 0 bridgehead atoms. The minimum atomic E-state index is -0.348. The Balaban J connectivity index is 1.81. The highest BCUT2D eigenvalue weighted by molar-refractivity contribution is 6.42. The molecule has 1 aliphatic rings. The zero-order valence-electron chi connectivity index (χ0n) is 13.7. The van der Waals surface area contributed by atoms with Gasteiger partial charge in [-0.1, -0.05) is 29.3 Å². The molecule has 132 valence electrons. The van der Waals surface area contributed by atoms with Crippen molar-refractivity contribution in [2.24, 2.45) is 0 Å². The number of carbonyl (C=O) groups excluding carboxylic acids is 2. The maximum Gasteiger partial charge on any atom is 0.242 e. The third-order valence-corrected chi connectivity index (χ3v) is 4.88. The number of nitrogens with zero attached hydrogens (tertiary/aromatic N) is 1. The number of carbonyl (C=O) groups is 2. The number of benzene rings is 1. The summed E-state index contributed by atoms with van der Waals surface area (Å²) < 4.78 is 5.58. The Morgan fingerprint density at radius 3 is 2.88 bits per heavy atom. The third-order valence-electron chi connectivity index (χ3n) is 4.08. The number of hydrogen-bond donors (Lipinski definition) is 1. The Morgan fingerprint density at radius 2 is 2.12 bits per heavy atom. The molecular formula is C17H22Cl2N2O3. The van der Waals surface area contributed by atoms with Crippen molar-refractivity contribution in [3.63, 3.8) is 0 Å². The molecule has 0 aliphatic carbocycles. The van der Waals surface area contributed by atoms with Gasteiger partial charge in [0.2, 0.25) is 11.8 Å². The van der Waals surface area contributed by atoms with Gasteiger partial charge < -0.3 is 15.0 Å². The maximum atomic E-state index is 12.4. The molecule has 0 aromatic heterocycles. The van der Waals surface area contributed by atoms with E-state index in [1.807, 2.05) is 0 Å². The summed E-state index contributed by atoms with van der Waals surface area (Å²) in [6.45, 7) is 1.00. The Hall–Kier alpha value is -1.46. The summed E-state index contributed by atoms with van der Waals surface area (Å²) >= 11 is 12.0. The van der Waals surface area contributed by atoms with E-state index in [1.165, 1.54) is 0 Å². The van der Waals surface area contributed by atoms with Crippen LogP contribution in [0.1, 0.15) is 32.1 Å². The van der Waals surface area contributed by atoms with E-state index in [4.69, 9.17) is 27.9 Å². The number of hydrogen-bond acceptors (Lipinski definition) is 3. The Labute approximate surface area is 152 Å². The maximum absolute atomic E-state index is 12.4. The summed E-state index contributed by atoms with van der Waals surface area (Å²) in [7, 11) is 1.60. The van der Waals surface area contributed by atoms with E-state index in [-0.39, 0.29) is 17.9 Å². The highest BCUT2D eigenvalue weighted by atomic mass is 35.5. The van der Waals surface area contributed by atoms with Crippen LogP contribution in [0.25, 0.3) is 0 Å². The Kier molecular flexibility index (Phi) is 7.18. The van der Waals surface area contributed by atoms with Gasteiger partial charge >= 0.3 is 0 Å². The van der Waals surface area contributed by atoms with Gasteiger partial charge in [0, 0.05) is 20.0 Å². The molecule has 5 nitrogen and oxygen atoms in total. The lowest BCUT2D eigenvalue weighted by atomic mass is 10.0. The minimum Gasteiger partial charge on any atom is -0.492 e. The number of amides is 2. The smallest absolute Gasteiger partial charge is 0.242 e. The summed E-state index contributed by atoms with van der Waals surface area (Å²) in [6, 6.07) is 4.84. The highest BCUT2D eigenvalue weighted by Gasteiger charge is 2.30. The highest BCUT2D eigenvalue weighted by Crippen LogP contribution is 2.31. The molecule has 24 heavy (non-hydrogen) atoms. The van der Waals surface area contributed by atoms with Gasteiger partial charge in [-0.3, -0.25) is 9.59 Å². The van der Waals surface area contributed by atoms with Gasteiger partial charge in [0.1, 0.15) is 16.8 Å². The summed E-state index contributed by atoms with van der Waals surface area (Å²) in [5.74, 6) is 0.409. The van der Waals surface area contributed by atoms with E-state index < -0.39 is 0 Å². The monoisotopic (exact) mass is 372 g/mol. The quantitative estimate of drug-likeness (QED) is 0.779. The third kappa shape index (κ3) is 4.77. The first-order valence-corrected chi connectivity index (χ1v) is 8.88. The largest absolute Gasteiger partial charge is 0.492 e. The number of likely N-dealkylation sites (tertiary alicyclic amines) is 1. The van der Waals surface area contributed by atoms with E-state index >= 15 is 0 Å². The molecule has 1 unspecified atom stereocenters. The number of piperidine rings is 1. The summed E-state index contributed by atoms with van der Waals surface area (Å²) in [6.07, 6.45) is 3.52. The predicted molar refractivity (Wildman–Crippen MR) is 94.6 cm³/mol. The van der Waals surface area contributed by atoms with Crippen LogP contribution in [0.3, 0.4) is 0 Å². The number of likely N-dealkylation sites (N-methyl/N-ethyl adjacent to an activating group) is 1. The number of halogens is 2.